The molecule has 1 fully saturated rings. The van der Waals surface area contributed by atoms with E-state index >= 15 is 0 Å². The normalized spacial score (nSPS) is 20.7. The third-order valence-electron chi connectivity index (χ3n) is 1.59. The molecule has 3 nitrogen and oxygen atoms in total. The Labute approximate surface area is 61.4 Å². The fourth-order valence-electron chi connectivity index (χ4n) is 1.11. The standard InChI is InChI=1S/C7H13N2O/c1-2-4-9-5-3-8-7(10)6-9/h1-6H2,(H,8,10). The number of amides is 1. The number of nitrogens with zero attached hydrogens (tertiary/aromatic N) is 1. The van der Waals surface area contributed by atoms with E-state index in [2.05, 4.69) is 17.1 Å². The monoisotopic (exact) mass is 141 g/mol. The molecule has 57 valence electrons. The summed E-state index contributed by atoms with van der Waals surface area (Å²) in [7, 11) is 0. The molecule has 1 rings (SSSR count). The second kappa shape index (κ2) is 3.56. The predicted molar refractivity (Wildman–Crippen MR) is 39.4 cm³/mol. The minimum atomic E-state index is 0.139. The highest BCUT2D eigenvalue weighted by atomic mass is 16.2. The topological polar surface area (TPSA) is 32.3 Å². The van der Waals surface area contributed by atoms with Gasteiger partial charge in [0.1, 0.15) is 0 Å². The van der Waals surface area contributed by atoms with Gasteiger partial charge in [0.2, 0.25) is 5.91 Å². The number of hydrogen-bond donors (Lipinski definition) is 1. The van der Waals surface area contributed by atoms with Crippen molar-refractivity contribution >= 4 is 5.91 Å². The highest BCUT2D eigenvalue weighted by Gasteiger charge is 2.13. The second-order valence-corrected chi connectivity index (χ2v) is 2.48. The summed E-state index contributed by atoms with van der Waals surface area (Å²) < 4.78 is 0. The van der Waals surface area contributed by atoms with Gasteiger partial charge in [0, 0.05) is 13.1 Å². The molecule has 0 bridgehead atoms. The SMILES string of the molecule is [CH2]CCN1CCNC(=O)C1. The summed E-state index contributed by atoms with van der Waals surface area (Å²) in [6.45, 7) is 6.98. The first-order valence-corrected chi connectivity index (χ1v) is 3.61. The maximum atomic E-state index is 10.8. The van der Waals surface area contributed by atoms with Gasteiger partial charge in [0.15, 0.2) is 0 Å². The summed E-state index contributed by atoms with van der Waals surface area (Å²) >= 11 is 0. The average Bonchev–Trinajstić information content (AvgIpc) is 1.88. The van der Waals surface area contributed by atoms with E-state index in [4.69, 9.17) is 0 Å². The second-order valence-electron chi connectivity index (χ2n) is 2.48. The van der Waals surface area contributed by atoms with Crippen LogP contribution in [0.2, 0.25) is 0 Å². The van der Waals surface area contributed by atoms with E-state index in [1.54, 1.807) is 0 Å². The molecule has 1 radical (unpaired) electrons. The van der Waals surface area contributed by atoms with Crippen LogP contribution in [-0.2, 0) is 4.79 Å². The first kappa shape index (κ1) is 7.54. The first-order valence-electron chi connectivity index (χ1n) is 3.61. The van der Waals surface area contributed by atoms with Crippen LogP contribution in [0.15, 0.2) is 0 Å². The van der Waals surface area contributed by atoms with Crippen LogP contribution in [0.1, 0.15) is 6.42 Å². The fraction of sp³-hybridized carbons (Fsp3) is 0.714. The Kier molecular flexibility index (Phi) is 2.68. The summed E-state index contributed by atoms with van der Waals surface area (Å²) in [5.74, 6) is 0.139. The van der Waals surface area contributed by atoms with Crippen LogP contribution in [0.3, 0.4) is 0 Å². The molecule has 1 N–H and O–H groups in total. The van der Waals surface area contributed by atoms with Gasteiger partial charge in [0.05, 0.1) is 6.54 Å². The summed E-state index contributed by atoms with van der Waals surface area (Å²) in [4.78, 5) is 12.9. The zero-order chi connectivity index (χ0) is 7.40. The van der Waals surface area contributed by atoms with Crippen LogP contribution in [-0.4, -0.2) is 37.0 Å². The number of hydrogen-bond acceptors (Lipinski definition) is 2. The van der Waals surface area contributed by atoms with Gasteiger partial charge in [-0.25, -0.2) is 0 Å². The van der Waals surface area contributed by atoms with Crippen molar-refractivity contribution in [3.05, 3.63) is 6.92 Å². The Hall–Kier alpha value is -0.570. The molecule has 0 atom stereocenters. The van der Waals surface area contributed by atoms with Crippen molar-refractivity contribution in [2.75, 3.05) is 26.2 Å². The van der Waals surface area contributed by atoms with Crippen LogP contribution in [0, 0.1) is 6.92 Å². The quantitative estimate of drug-likeness (QED) is 0.569. The van der Waals surface area contributed by atoms with Crippen LogP contribution in [0.5, 0.6) is 0 Å². The number of piperazine rings is 1. The Balaban J connectivity index is 2.25. The number of carbonyl (C=O) groups excluding carboxylic acids is 1. The third kappa shape index (κ3) is 1.99. The summed E-state index contributed by atoms with van der Waals surface area (Å²) in [5, 5.41) is 2.77. The molecule has 0 aliphatic carbocycles. The lowest BCUT2D eigenvalue weighted by Gasteiger charge is -2.25. The molecule has 0 unspecified atom stereocenters. The molecule has 0 saturated carbocycles. The van der Waals surface area contributed by atoms with Crippen molar-refractivity contribution in [3.63, 3.8) is 0 Å². The fourth-order valence-corrected chi connectivity index (χ4v) is 1.11. The van der Waals surface area contributed by atoms with E-state index in [0.717, 1.165) is 26.1 Å². The van der Waals surface area contributed by atoms with Gasteiger partial charge in [-0.15, -0.1) is 0 Å². The molecule has 1 heterocycles. The van der Waals surface area contributed by atoms with Gasteiger partial charge < -0.3 is 5.32 Å². The van der Waals surface area contributed by atoms with Gasteiger partial charge in [0.25, 0.3) is 0 Å². The molecule has 1 saturated heterocycles. The van der Waals surface area contributed by atoms with Gasteiger partial charge in [-0.3, -0.25) is 9.69 Å². The van der Waals surface area contributed by atoms with Crippen LogP contribution in [0.25, 0.3) is 0 Å². The molecule has 0 aromatic rings. The molecular weight excluding hydrogens is 128 g/mol. The molecule has 1 aliphatic rings. The molecule has 0 aromatic heterocycles. The van der Waals surface area contributed by atoms with Crippen molar-refractivity contribution < 1.29 is 4.79 Å². The highest BCUT2D eigenvalue weighted by Crippen LogP contribution is 1.93. The Morgan fingerprint density at radius 1 is 1.70 bits per heavy atom. The van der Waals surface area contributed by atoms with Crippen LogP contribution >= 0.6 is 0 Å². The predicted octanol–water partition coefficient (Wildman–Crippen LogP) is -0.358. The number of carbonyl (C=O) groups is 1. The Bertz CT molecular complexity index is 123. The van der Waals surface area contributed by atoms with E-state index in [9.17, 15) is 4.79 Å². The van der Waals surface area contributed by atoms with Gasteiger partial charge in [-0.1, -0.05) is 6.92 Å². The Morgan fingerprint density at radius 3 is 3.10 bits per heavy atom. The summed E-state index contributed by atoms with van der Waals surface area (Å²) in [6, 6.07) is 0. The van der Waals surface area contributed by atoms with E-state index in [-0.39, 0.29) is 5.91 Å². The Morgan fingerprint density at radius 2 is 2.50 bits per heavy atom. The van der Waals surface area contributed by atoms with E-state index < -0.39 is 0 Å². The van der Waals surface area contributed by atoms with Gasteiger partial charge >= 0.3 is 0 Å². The van der Waals surface area contributed by atoms with Crippen LogP contribution < -0.4 is 5.32 Å². The van der Waals surface area contributed by atoms with E-state index in [1.165, 1.54) is 0 Å². The molecule has 0 aromatic carbocycles. The molecular formula is C7H13N2O. The molecule has 10 heavy (non-hydrogen) atoms. The molecule has 3 heteroatoms. The minimum Gasteiger partial charge on any atom is -0.354 e. The lowest BCUT2D eigenvalue weighted by atomic mass is 10.3. The minimum absolute atomic E-state index is 0.139. The molecule has 0 spiro atoms. The lowest BCUT2D eigenvalue weighted by molar-refractivity contribution is -0.124. The smallest absolute Gasteiger partial charge is 0.234 e. The summed E-state index contributed by atoms with van der Waals surface area (Å²) in [5.41, 5.74) is 0. The van der Waals surface area contributed by atoms with E-state index in [1.807, 2.05) is 0 Å². The van der Waals surface area contributed by atoms with Gasteiger partial charge in [-0.05, 0) is 13.0 Å². The van der Waals surface area contributed by atoms with Gasteiger partial charge in [-0.2, -0.15) is 0 Å². The number of nitrogens with one attached hydrogen (secondary N) is 1. The maximum Gasteiger partial charge on any atom is 0.234 e. The van der Waals surface area contributed by atoms with Crippen LogP contribution in [0.4, 0.5) is 0 Å². The first-order chi connectivity index (χ1) is 4.83. The van der Waals surface area contributed by atoms with E-state index in [0.29, 0.717) is 6.54 Å². The maximum absolute atomic E-state index is 10.8. The number of rotatable bonds is 2. The molecule has 1 amide bonds. The van der Waals surface area contributed by atoms with Crippen molar-refractivity contribution in [1.29, 1.82) is 0 Å². The average molecular weight is 141 g/mol. The van der Waals surface area contributed by atoms with Crippen molar-refractivity contribution in [3.8, 4) is 0 Å². The highest BCUT2D eigenvalue weighted by molar-refractivity contribution is 5.78. The van der Waals surface area contributed by atoms with Crippen molar-refractivity contribution in [2.45, 2.75) is 6.42 Å². The third-order valence-corrected chi connectivity index (χ3v) is 1.59. The zero-order valence-electron chi connectivity index (χ0n) is 6.10. The molecule has 1 aliphatic heterocycles. The summed E-state index contributed by atoms with van der Waals surface area (Å²) in [6.07, 6.45) is 0.882. The lowest BCUT2D eigenvalue weighted by Crippen LogP contribution is -2.47. The van der Waals surface area contributed by atoms with Crippen molar-refractivity contribution in [1.82, 2.24) is 10.2 Å². The largest absolute Gasteiger partial charge is 0.354 e. The van der Waals surface area contributed by atoms with Crippen molar-refractivity contribution in [2.24, 2.45) is 0 Å². The zero-order valence-corrected chi connectivity index (χ0v) is 6.10.